The van der Waals surface area contributed by atoms with Crippen molar-refractivity contribution in [3.63, 3.8) is 0 Å². The first-order chi connectivity index (χ1) is 13.1. The van der Waals surface area contributed by atoms with Crippen LogP contribution in [0.4, 0.5) is 15.8 Å². The summed E-state index contributed by atoms with van der Waals surface area (Å²) in [6.45, 7) is 3.78. The fraction of sp³-hybridized carbons (Fsp3) is 0.111. The average molecular weight is 483 g/mol. The van der Waals surface area contributed by atoms with Crippen LogP contribution in [0.25, 0.3) is 11.1 Å². The van der Waals surface area contributed by atoms with Crippen LogP contribution in [-0.2, 0) is 9.57 Å². The second kappa shape index (κ2) is 8.82. The smallest absolute Gasteiger partial charge is 0.277 e. The number of carbonyl (C=O) groups is 1. The molecule has 3 rings (SSSR count). The monoisotopic (exact) mass is 483 g/mol. The summed E-state index contributed by atoms with van der Waals surface area (Å²) in [7, 11) is 0. The van der Waals surface area contributed by atoms with Gasteiger partial charge in [0.25, 0.3) is 5.91 Å². The van der Waals surface area contributed by atoms with Crippen LogP contribution < -0.4 is 10.8 Å². The molecule has 1 amide bonds. The number of hydroxylamine groups is 1. The summed E-state index contributed by atoms with van der Waals surface area (Å²) < 4.78 is 25.3. The topological polar surface area (TPSA) is 85.6 Å². The summed E-state index contributed by atoms with van der Waals surface area (Å²) in [6.07, 6.45) is 2.53. The minimum Gasteiger partial charge on any atom is -0.499 e. The van der Waals surface area contributed by atoms with Gasteiger partial charge in [-0.05, 0) is 52.9 Å². The van der Waals surface area contributed by atoms with E-state index in [1.165, 1.54) is 18.7 Å². The Morgan fingerprint density at radius 1 is 1.33 bits per heavy atom. The van der Waals surface area contributed by atoms with Crippen LogP contribution in [0.2, 0.25) is 0 Å². The molecule has 3 aromatic rings. The molecular formula is C18H15FIN3O4. The average Bonchev–Trinajstić information content (AvgIpc) is 3.13. The number of nitrogens with zero attached hydrogens (tertiary/aromatic N) is 1. The molecule has 7 nitrogen and oxygen atoms in total. The Morgan fingerprint density at radius 2 is 2.19 bits per heavy atom. The molecule has 2 N–H and O–H groups in total. The van der Waals surface area contributed by atoms with Gasteiger partial charge in [0, 0.05) is 3.57 Å². The third kappa shape index (κ3) is 4.55. The van der Waals surface area contributed by atoms with Gasteiger partial charge in [0.05, 0.1) is 23.2 Å². The number of hydrogen-bond donors (Lipinski definition) is 2. The highest BCUT2D eigenvalue weighted by Crippen LogP contribution is 2.31. The van der Waals surface area contributed by atoms with Crippen LogP contribution in [0.1, 0.15) is 10.4 Å². The molecule has 0 bridgehead atoms. The quantitative estimate of drug-likeness (QED) is 0.217. The molecule has 140 valence electrons. The standard InChI is InChI=1S/C18H15FIN3O4/c1-2-25-7-8-27-23-18(24)12-4-6-15-17(26-10-21-15)16(12)22-14-5-3-11(20)9-13(14)19/h2-6,9-10,22H,1,7-8H2,(H,23,24). The van der Waals surface area contributed by atoms with Crippen molar-refractivity contribution in [3.05, 3.63) is 64.5 Å². The summed E-state index contributed by atoms with van der Waals surface area (Å²) in [5.41, 5.74) is 3.87. The number of amides is 1. The molecule has 2 aromatic carbocycles. The third-order valence-corrected chi connectivity index (χ3v) is 4.19. The molecule has 0 saturated heterocycles. The molecule has 0 aliphatic rings. The van der Waals surface area contributed by atoms with Crippen LogP contribution in [0.15, 0.2) is 54.0 Å². The number of rotatable bonds is 8. The van der Waals surface area contributed by atoms with Crippen molar-refractivity contribution >= 4 is 51.0 Å². The minimum atomic E-state index is -0.527. The van der Waals surface area contributed by atoms with E-state index in [0.29, 0.717) is 11.1 Å². The van der Waals surface area contributed by atoms with E-state index in [9.17, 15) is 9.18 Å². The lowest BCUT2D eigenvalue weighted by atomic mass is 10.1. The van der Waals surface area contributed by atoms with E-state index in [1.807, 2.05) is 22.6 Å². The summed E-state index contributed by atoms with van der Waals surface area (Å²) >= 11 is 2.01. The number of halogens is 2. The Morgan fingerprint density at radius 3 is 2.96 bits per heavy atom. The molecule has 0 spiro atoms. The lowest BCUT2D eigenvalue weighted by molar-refractivity contribution is 0.0145. The number of aromatic nitrogens is 1. The first-order valence-electron chi connectivity index (χ1n) is 7.83. The van der Waals surface area contributed by atoms with Gasteiger partial charge in [0.2, 0.25) is 0 Å². The van der Waals surface area contributed by atoms with Gasteiger partial charge in [0.1, 0.15) is 24.5 Å². The molecule has 0 unspecified atom stereocenters. The predicted molar refractivity (Wildman–Crippen MR) is 106 cm³/mol. The molecule has 27 heavy (non-hydrogen) atoms. The summed E-state index contributed by atoms with van der Waals surface area (Å²) in [5, 5.41) is 2.92. The van der Waals surface area contributed by atoms with Crippen LogP contribution in [0, 0.1) is 9.39 Å². The Hall–Kier alpha value is -2.66. The van der Waals surface area contributed by atoms with Crippen LogP contribution in [0.3, 0.4) is 0 Å². The van der Waals surface area contributed by atoms with E-state index >= 15 is 0 Å². The summed E-state index contributed by atoms with van der Waals surface area (Å²) in [5.74, 6) is -0.983. The van der Waals surface area contributed by atoms with Crippen molar-refractivity contribution in [2.24, 2.45) is 0 Å². The zero-order valence-electron chi connectivity index (χ0n) is 14.0. The van der Waals surface area contributed by atoms with Crippen molar-refractivity contribution in [2.45, 2.75) is 0 Å². The Labute approximate surface area is 167 Å². The molecule has 0 saturated carbocycles. The van der Waals surface area contributed by atoms with Crippen LogP contribution in [-0.4, -0.2) is 24.1 Å². The zero-order chi connectivity index (χ0) is 19.2. The van der Waals surface area contributed by atoms with Crippen molar-refractivity contribution in [1.29, 1.82) is 0 Å². The molecule has 0 fully saturated rings. The van der Waals surface area contributed by atoms with Gasteiger partial charge in [-0.2, -0.15) is 0 Å². The van der Waals surface area contributed by atoms with Gasteiger partial charge in [-0.15, -0.1) is 0 Å². The van der Waals surface area contributed by atoms with E-state index in [0.717, 1.165) is 3.57 Å². The molecule has 0 atom stereocenters. The van der Waals surface area contributed by atoms with Crippen LogP contribution >= 0.6 is 22.6 Å². The maximum Gasteiger partial charge on any atom is 0.277 e. The second-order valence-electron chi connectivity index (χ2n) is 5.26. The van der Waals surface area contributed by atoms with Crippen molar-refractivity contribution in [1.82, 2.24) is 10.5 Å². The number of ether oxygens (including phenoxy) is 1. The molecular weight excluding hydrogens is 468 g/mol. The van der Waals surface area contributed by atoms with Gasteiger partial charge in [-0.1, -0.05) is 6.58 Å². The van der Waals surface area contributed by atoms with Crippen molar-refractivity contribution in [2.75, 3.05) is 18.5 Å². The van der Waals surface area contributed by atoms with Crippen molar-refractivity contribution < 1.29 is 23.2 Å². The van der Waals surface area contributed by atoms with Crippen LogP contribution in [0.5, 0.6) is 0 Å². The Balaban J connectivity index is 1.87. The SMILES string of the molecule is C=COCCONC(=O)c1ccc2ncoc2c1Nc1ccc(I)cc1F. The van der Waals surface area contributed by atoms with Gasteiger partial charge >= 0.3 is 0 Å². The predicted octanol–water partition coefficient (Wildman–Crippen LogP) is 4.14. The highest BCUT2D eigenvalue weighted by molar-refractivity contribution is 14.1. The van der Waals surface area contributed by atoms with E-state index < -0.39 is 11.7 Å². The van der Waals surface area contributed by atoms with E-state index in [4.69, 9.17) is 14.0 Å². The molecule has 9 heteroatoms. The number of fused-ring (bicyclic) bond motifs is 1. The zero-order valence-corrected chi connectivity index (χ0v) is 16.2. The summed E-state index contributed by atoms with van der Waals surface area (Å²) in [6, 6.07) is 7.89. The lowest BCUT2D eigenvalue weighted by Gasteiger charge is -2.13. The molecule has 0 aliphatic heterocycles. The number of carbonyl (C=O) groups excluding carboxylic acids is 1. The fourth-order valence-electron chi connectivity index (χ4n) is 2.31. The van der Waals surface area contributed by atoms with E-state index in [2.05, 4.69) is 22.4 Å². The molecule has 0 radical (unpaired) electrons. The highest BCUT2D eigenvalue weighted by atomic mass is 127. The maximum atomic E-state index is 14.3. The van der Waals surface area contributed by atoms with E-state index in [-0.39, 0.29) is 30.2 Å². The number of oxazole rings is 1. The Bertz CT molecular complexity index is 976. The molecule has 0 aliphatic carbocycles. The fourth-order valence-corrected chi connectivity index (χ4v) is 2.77. The second-order valence-corrected chi connectivity index (χ2v) is 6.50. The highest BCUT2D eigenvalue weighted by Gasteiger charge is 2.19. The number of benzene rings is 2. The van der Waals surface area contributed by atoms with Gasteiger partial charge in [-0.25, -0.2) is 14.9 Å². The summed E-state index contributed by atoms with van der Waals surface area (Å²) in [4.78, 5) is 21.6. The van der Waals surface area contributed by atoms with Gasteiger partial charge < -0.3 is 14.5 Å². The van der Waals surface area contributed by atoms with Crippen molar-refractivity contribution in [3.8, 4) is 0 Å². The van der Waals surface area contributed by atoms with Gasteiger partial charge in [-0.3, -0.25) is 9.63 Å². The molecule has 1 aromatic heterocycles. The largest absolute Gasteiger partial charge is 0.499 e. The first-order valence-corrected chi connectivity index (χ1v) is 8.91. The minimum absolute atomic E-state index is 0.136. The Kier molecular flexibility index (Phi) is 6.24. The molecule has 1 heterocycles. The normalized spacial score (nSPS) is 10.6. The number of nitrogens with one attached hydrogen (secondary N) is 2. The first kappa shape index (κ1) is 19.1. The number of anilines is 2. The maximum absolute atomic E-state index is 14.3. The lowest BCUT2D eigenvalue weighted by Crippen LogP contribution is -2.26. The number of hydrogen-bond acceptors (Lipinski definition) is 6. The van der Waals surface area contributed by atoms with E-state index in [1.54, 1.807) is 24.3 Å². The van der Waals surface area contributed by atoms with Gasteiger partial charge in [0.15, 0.2) is 12.0 Å². The third-order valence-electron chi connectivity index (χ3n) is 3.52.